The van der Waals surface area contributed by atoms with E-state index in [4.69, 9.17) is 14.4 Å². The zero-order chi connectivity index (χ0) is 33.2. The van der Waals surface area contributed by atoms with Crippen molar-refractivity contribution < 1.29 is 4.42 Å². The molecule has 0 radical (unpaired) electrons. The van der Waals surface area contributed by atoms with Crippen molar-refractivity contribution in [2.45, 2.75) is 0 Å². The molecule has 51 heavy (non-hydrogen) atoms. The molecule has 0 aliphatic rings. The minimum absolute atomic E-state index is 0.668. The molecule has 0 N–H and O–H groups in total. The summed E-state index contributed by atoms with van der Waals surface area (Å²) in [5.41, 5.74) is 12.3. The monoisotopic (exact) mass is 650 g/mol. The molecule has 0 aliphatic heterocycles. The third-order valence-corrected chi connectivity index (χ3v) is 10.7. The zero-order valence-electron chi connectivity index (χ0n) is 27.2. The van der Waals surface area contributed by atoms with E-state index in [2.05, 4.69) is 130 Å². The number of para-hydroxylation sites is 4. The summed E-state index contributed by atoms with van der Waals surface area (Å²) < 4.78 is 11.2. The van der Waals surface area contributed by atoms with Gasteiger partial charge in [-0.2, -0.15) is 0 Å². The first kappa shape index (κ1) is 26.9. The maximum absolute atomic E-state index is 6.34. The highest BCUT2D eigenvalue weighted by Crippen LogP contribution is 2.46. The number of rotatable bonds is 3. The molecule has 0 saturated heterocycles. The van der Waals surface area contributed by atoms with E-state index in [1.54, 1.807) is 0 Å². The Bertz CT molecular complexity index is 3350. The smallest absolute Gasteiger partial charge is 0.180 e. The van der Waals surface area contributed by atoms with Crippen LogP contribution in [0.15, 0.2) is 162 Å². The molecular formula is C46H26N4O. The molecule has 0 amide bonds. The summed E-state index contributed by atoms with van der Waals surface area (Å²) in [5, 5.41) is 8.64. The number of furan rings is 1. The van der Waals surface area contributed by atoms with Crippen molar-refractivity contribution in [3.8, 4) is 28.3 Å². The van der Waals surface area contributed by atoms with E-state index in [0.717, 1.165) is 39.0 Å². The van der Waals surface area contributed by atoms with E-state index in [-0.39, 0.29) is 0 Å². The van der Waals surface area contributed by atoms with Crippen molar-refractivity contribution in [3.05, 3.63) is 158 Å². The molecule has 7 aromatic carbocycles. The standard InChI is InChI=1S/C46H26N4O/c1-2-12-27(13-3-1)42-45-43(33-17-7-11-21-39(33)51-45)48-46(47-42)28-22-24-29(25-23-28)49-36-19-9-5-15-31(36)40-38(49)26-34-30-14-4-8-18-35(30)50-37-20-10-6-16-32(37)41(40)44(34)50/h1-26H. The summed E-state index contributed by atoms with van der Waals surface area (Å²) in [4.78, 5) is 10.2. The summed E-state index contributed by atoms with van der Waals surface area (Å²) in [5.74, 6) is 0.668. The molecule has 236 valence electrons. The number of hydrogen-bond donors (Lipinski definition) is 0. The second-order valence-electron chi connectivity index (χ2n) is 13.3. The maximum atomic E-state index is 6.34. The van der Waals surface area contributed by atoms with Crippen LogP contribution in [0.3, 0.4) is 0 Å². The molecule has 0 spiro atoms. The highest BCUT2D eigenvalue weighted by molar-refractivity contribution is 6.35. The quantitative estimate of drug-likeness (QED) is 0.191. The Labute approximate surface area is 290 Å². The van der Waals surface area contributed by atoms with Crippen LogP contribution in [0.1, 0.15) is 0 Å². The van der Waals surface area contributed by atoms with Crippen molar-refractivity contribution in [3.63, 3.8) is 0 Å². The summed E-state index contributed by atoms with van der Waals surface area (Å²) >= 11 is 0. The number of nitrogens with zero attached hydrogens (tertiary/aromatic N) is 4. The van der Waals surface area contributed by atoms with Gasteiger partial charge in [0.2, 0.25) is 0 Å². The molecule has 0 fully saturated rings. The van der Waals surface area contributed by atoms with Crippen LogP contribution >= 0.6 is 0 Å². The maximum Gasteiger partial charge on any atom is 0.180 e. The van der Waals surface area contributed by atoms with Gasteiger partial charge in [0.1, 0.15) is 16.8 Å². The third kappa shape index (κ3) is 3.54. The van der Waals surface area contributed by atoms with Gasteiger partial charge in [0.15, 0.2) is 11.4 Å². The lowest BCUT2D eigenvalue weighted by Gasteiger charge is -2.10. The lowest BCUT2D eigenvalue weighted by Crippen LogP contribution is -1.96. The first-order chi connectivity index (χ1) is 25.3. The van der Waals surface area contributed by atoms with Gasteiger partial charge in [-0.3, -0.25) is 0 Å². The Morgan fingerprint density at radius 3 is 1.86 bits per heavy atom. The molecule has 0 bridgehead atoms. The Hall–Kier alpha value is -6.98. The van der Waals surface area contributed by atoms with Crippen molar-refractivity contribution in [1.82, 2.24) is 18.9 Å². The average molecular weight is 651 g/mol. The highest BCUT2D eigenvalue weighted by Gasteiger charge is 2.24. The number of fused-ring (bicyclic) bond motifs is 13. The van der Waals surface area contributed by atoms with Gasteiger partial charge in [-0.05, 0) is 60.7 Å². The molecule has 12 aromatic rings. The van der Waals surface area contributed by atoms with Gasteiger partial charge in [-0.1, -0.05) is 97.1 Å². The third-order valence-electron chi connectivity index (χ3n) is 10.7. The van der Waals surface area contributed by atoms with Crippen LogP contribution in [0.25, 0.3) is 110 Å². The fourth-order valence-corrected chi connectivity index (χ4v) is 8.51. The number of hydrogen-bond acceptors (Lipinski definition) is 3. The molecule has 5 heteroatoms. The van der Waals surface area contributed by atoms with E-state index in [1.807, 2.05) is 36.4 Å². The van der Waals surface area contributed by atoms with E-state index >= 15 is 0 Å². The van der Waals surface area contributed by atoms with Gasteiger partial charge in [0.25, 0.3) is 0 Å². The number of benzene rings is 7. The molecule has 0 aliphatic carbocycles. The summed E-state index contributed by atoms with van der Waals surface area (Å²) in [6.45, 7) is 0. The van der Waals surface area contributed by atoms with Crippen LogP contribution in [0.4, 0.5) is 0 Å². The van der Waals surface area contributed by atoms with E-state index in [1.165, 1.54) is 59.9 Å². The predicted octanol–water partition coefficient (Wildman–Crippen LogP) is 12.0. The van der Waals surface area contributed by atoms with Gasteiger partial charge < -0.3 is 13.4 Å². The van der Waals surface area contributed by atoms with Crippen LogP contribution in [-0.2, 0) is 0 Å². The van der Waals surface area contributed by atoms with Gasteiger partial charge >= 0.3 is 0 Å². The minimum atomic E-state index is 0.668. The lowest BCUT2D eigenvalue weighted by molar-refractivity contribution is 0.667. The first-order valence-corrected chi connectivity index (χ1v) is 17.3. The summed E-state index contributed by atoms with van der Waals surface area (Å²) in [6.07, 6.45) is 0. The van der Waals surface area contributed by atoms with Crippen LogP contribution in [0, 0.1) is 0 Å². The fourth-order valence-electron chi connectivity index (χ4n) is 8.51. The van der Waals surface area contributed by atoms with Crippen LogP contribution < -0.4 is 0 Å². The van der Waals surface area contributed by atoms with Gasteiger partial charge in [0, 0.05) is 54.5 Å². The summed E-state index contributed by atoms with van der Waals surface area (Å²) in [7, 11) is 0. The molecule has 5 aromatic heterocycles. The largest absolute Gasteiger partial charge is 0.452 e. The molecule has 5 heterocycles. The van der Waals surface area contributed by atoms with Gasteiger partial charge in [0.05, 0.1) is 27.6 Å². The van der Waals surface area contributed by atoms with Crippen molar-refractivity contribution in [1.29, 1.82) is 0 Å². The second-order valence-corrected chi connectivity index (χ2v) is 13.3. The van der Waals surface area contributed by atoms with Crippen LogP contribution in [-0.4, -0.2) is 18.9 Å². The normalized spacial score (nSPS) is 12.3. The van der Waals surface area contributed by atoms with Crippen molar-refractivity contribution in [2.24, 2.45) is 0 Å². The van der Waals surface area contributed by atoms with Crippen molar-refractivity contribution in [2.75, 3.05) is 0 Å². The minimum Gasteiger partial charge on any atom is -0.452 e. The van der Waals surface area contributed by atoms with Crippen LogP contribution in [0.5, 0.6) is 0 Å². The Balaban J connectivity index is 1.12. The Morgan fingerprint density at radius 2 is 1.08 bits per heavy atom. The fraction of sp³-hybridized carbons (Fsp3) is 0. The Kier molecular flexibility index (Phi) is 5.17. The van der Waals surface area contributed by atoms with E-state index in [0.29, 0.717) is 11.4 Å². The molecule has 0 unspecified atom stereocenters. The van der Waals surface area contributed by atoms with E-state index < -0.39 is 0 Å². The molecular weight excluding hydrogens is 625 g/mol. The SMILES string of the molecule is c1ccc(-c2nc(-c3ccc(-n4c5ccccc5c5c6c7ccccc7n7c8ccccc8c(cc54)c67)cc3)nc3c2oc2ccccc23)cc1. The topological polar surface area (TPSA) is 48.3 Å². The zero-order valence-corrected chi connectivity index (χ0v) is 27.2. The van der Waals surface area contributed by atoms with Gasteiger partial charge in [-0.15, -0.1) is 0 Å². The number of aromatic nitrogens is 4. The Morgan fingerprint density at radius 1 is 0.451 bits per heavy atom. The summed E-state index contributed by atoms with van der Waals surface area (Å²) in [6, 6.07) is 55.8. The highest BCUT2D eigenvalue weighted by atomic mass is 16.3. The second kappa shape index (κ2) is 9.80. The first-order valence-electron chi connectivity index (χ1n) is 17.3. The molecule has 0 saturated carbocycles. The molecule has 5 nitrogen and oxygen atoms in total. The predicted molar refractivity (Wildman–Crippen MR) is 209 cm³/mol. The average Bonchev–Trinajstić information content (AvgIpc) is 3.93. The van der Waals surface area contributed by atoms with Crippen molar-refractivity contribution >= 4 is 82.0 Å². The molecule has 0 atom stereocenters. The lowest BCUT2D eigenvalue weighted by atomic mass is 10.0. The van der Waals surface area contributed by atoms with Crippen LogP contribution in [0.2, 0.25) is 0 Å². The molecule has 12 rings (SSSR count). The van der Waals surface area contributed by atoms with Gasteiger partial charge in [-0.25, -0.2) is 9.97 Å². The van der Waals surface area contributed by atoms with E-state index in [9.17, 15) is 0 Å².